The molecule has 0 saturated heterocycles. The predicted molar refractivity (Wildman–Crippen MR) is 70.5 cm³/mol. The maximum absolute atomic E-state index is 10.8. The van der Waals surface area contributed by atoms with E-state index in [-0.39, 0.29) is 0 Å². The topological polar surface area (TPSA) is 67.5 Å². The average Bonchev–Trinajstić information content (AvgIpc) is 2.97. The van der Waals surface area contributed by atoms with Crippen molar-refractivity contribution in [1.29, 1.82) is 0 Å². The predicted octanol–water partition coefficient (Wildman–Crippen LogP) is 1.20. The Morgan fingerprint density at radius 3 is 2.71 bits per heavy atom. The molecule has 6 aliphatic carbocycles. The number of alkyl halides is 1. The highest BCUT2D eigenvalue weighted by molar-refractivity contribution is 14.1. The summed E-state index contributed by atoms with van der Waals surface area (Å²) in [5.41, 5.74) is 8.90. The number of amides is 2. The fourth-order valence-electron chi connectivity index (χ4n) is 6.49. The van der Waals surface area contributed by atoms with Crippen LogP contribution in [0.5, 0.6) is 0 Å². The molecule has 9 unspecified atom stereocenters. The summed E-state index contributed by atoms with van der Waals surface area (Å²) in [6.45, 7) is 0. The van der Waals surface area contributed by atoms with Crippen LogP contribution >= 0.6 is 22.6 Å². The summed E-state index contributed by atoms with van der Waals surface area (Å²) < 4.78 is 0.869. The van der Waals surface area contributed by atoms with Crippen LogP contribution in [0.1, 0.15) is 6.42 Å². The van der Waals surface area contributed by atoms with Gasteiger partial charge in [0.1, 0.15) is 0 Å². The Morgan fingerprint density at radius 2 is 2.00 bits per heavy atom. The van der Waals surface area contributed by atoms with E-state index in [1.807, 2.05) is 0 Å². The highest BCUT2D eigenvalue weighted by atomic mass is 127. The van der Waals surface area contributed by atoms with E-state index in [2.05, 4.69) is 33.1 Å². The summed E-state index contributed by atoms with van der Waals surface area (Å²) in [6, 6.07) is -0.526. The van der Waals surface area contributed by atoms with Crippen LogP contribution in [0.25, 0.3) is 0 Å². The number of nitrogens with zero attached hydrogens (tertiary/aromatic N) is 1. The van der Waals surface area contributed by atoms with Crippen LogP contribution in [-0.2, 0) is 0 Å². The van der Waals surface area contributed by atoms with Crippen molar-refractivity contribution in [3.63, 3.8) is 0 Å². The number of hydrogen-bond acceptors (Lipinski definition) is 2. The molecule has 0 heterocycles. The molecule has 0 spiro atoms. The van der Waals surface area contributed by atoms with Crippen molar-refractivity contribution in [3.05, 3.63) is 0 Å². The van der Waals surface area contributed by atoms with Crippen LogP contribution in [0.15, 0.2) is 5.10 Å². The number of hydrogen-bond donors (Lipinski definition) is 2. The molecule has 6 fully saturated rings. The van der Waals surface area contributed by atoms with Crippen molar-refractivity contribution in [2.24, 2.45) is 58.2 Å². The molecule has 0 radical (unpaired) electrons. The van der Waals surface area contributed by atoms with Crippen molar-refractivity contribution in [2.75, 3.05) is 0 Å². The molecule has 6 aliphatic rings. The lowest BCUT2D eigenvalue weighted by Crippen LogP contribution is -2.30. The molecule has 0 aromatic heterocycles. The number of urea groups is 1. The zero-order valence-corrected chi connectivity index (χ0v) is 11.4. The Bertz CT molecular complexity index is 476. The third-order valence-corrected chi connectivity index (χ3v) is 8.00. The molecular weight excluding hydrogens is 329 g/mol. The molecule has 6 bridgehead atoms. The van der Waals surface area contributed by atoms with E-state index < -0.39 is 6.03 Å². The van der Waals surface area contributed by atoms with Gasteiger partial charge in [0.05, 0.1) is 0 Å². The Balaban J connectivity index is 1.62. The lowest BCUT2D eigenvalue weighted by molar-refractivity contribution is 0.132. The van der Waals surface area contributed by atoms with Crippen molar-refractivity contribution in [2.45, 2.75) is 10.3 Å². The second-order valence-corrected chi connectivity index (χ2v) is 7.82. The maximum Gasteiger partial charge on any atom is 0.332 e. The number of hydrazone groups is 1. The molecule has 0 aromatic carbocycles. The van der Waals surface area contributed by atoms with Gasteiger partial charge in [-0.15, -0.1) is 0 Å². The molecule has 3 N–H and O–H groups in total. The standard InChI is InChI=1S/C12H14IN3O/c13-10-6-2-1-3-4(6)9-8(10)5(2)7(3)11(9)15-16-12(14)17/h2-10H,1H2,(H3,14,16,17). The molecule has 5 heteroatoms. The number of carbonyl (C=O) groups is 1. The third-order valence-electron chi connectivity index (χ3n) is 6.34. The third kappa shape index (κ3) is 0.796. The molecule has 90 valence electrons. The van der Waals surface area contributed by atoms with E-state index in [4.69, 9.17) is 5.73 Å². The largest absolute Gasteiger partial charge is 0.350 e. The fraction of sp³-hybridized carbons (Fsp3) is 0.833. The van der Waals surface area contributed by atoms with Crippen LogP contribution in [0.2, 0.25) is 0 Å². The van der Waals surface area contributed by atoms with Crippen LogP contribution < -0.4 is 11.2 Å². The summed E-state index contributed by atoms with van der Waals surface area (Å²) in [5, 5.41) is 4.37. The highest BCUT2D eigenvalue weighted by Gasteiger charge is 2.82. The Hall–Kier alpha value is -0.330. The zero-order valence-electron chi connectivity index (χ0n) is 9.21. The molecule has 4 nitrogen and oxygen atoms in total. The number of nitrogens with one attached hydrogen (secondary N) is 1. The number of rotatable bonds is 1. The number of nitrogens with two attached hydrogens (primary N) is 1. The zero-order chi connectivity index (χ0) is 11.5. The van der Waals surface area contributed by atoms with E-state index in [0.29, 0.717) is 11.8 Å². The average molecular weight is 343 g/mol. The maximum atomic E-state index is 10.8. The minimum atomic E-state index is -0.526. The van der Waals surface area contributed by atoms with E-state index >= 15 is 0 Å². The van der Waals surface area contributed by atoms with Gasteiger partial charge in [0.25, 0.3) is 0 Å². The fourth-order valence-corrected chi connectivity index (χ4v) is 8.43. The van der Waals surface area contributed by atoms with E-state index in [1.165, 1.54) is 12.1 Å². The molecular formula is C12H14IN3O. The van der Waals surface area contributed by atoms with Crippen molar-refractivity contribution in [1.82, 2.24) is 5.43 Å². The van der Waals surface area contributed by atoms with Crippen LogP contribution in [-0.4, -0.2) is 15.7 Å². The molecule has 2 amide bonds. The van der Waals surface area contributed by atoms with Gasteiger partial charge in [-0.05, 0) is 41.9 Å². The molecule has 9 atom stereocenters. The molecule has 6 saturated carbocycles. The molecule has 17 heavy (non-hydrogen) atoms. The lowest BCUT2D eigenvalue weighted by atomic mass is 9.71. The first-order chi connectivity index (χ1) is 8.20. The normalized spacial score (nSPS) is 65.7. The molecule has 0 aromatic rings. The molecule has 6 rings (SSSR count). The molecule has 0 aliphatic heterocycles. The Labute approximate surface area is 113 Å². The summed E-state index contributed by atoms with van der Waals surface area (Å²) in [6.07, 6.45) is 1.44. The lowest BCUT2D eigenvalue weighted by Gasteiger charge is -2.32. The number of primary amides is 1. The SMILES string of the molecule is NC(=O)NN=C1C2C3C(I)C4C5CC(C1C53)C24. The van der Waals surface area contributed by atoms with Gasteiger partial charge >= 0.3 is 6.03 Å². The first-order valence-corrected chi connectivity index (χ1v) is 7.71. The summed E-state index contributed by atoms with van der Waals surface area (Å²) >= 11 is 2.69. The number of halogens is 1. The first kappa shape index (κ1) is 9.58. The first-order valence-electron chi connectivity index (χ1n) is 6.47. The van der Waals surface area contributed by atoms with Crippen molar-refractivity contribution < 1.29 is 4.79 Å². The summed E-state index contributed by atoms with van der Waals surface area (Å²) in [4.78, 5) is 10.8. The second-order valence-electron chi connectivity index (χ2n) is 6.38. The summed E-state index contributed by atoms with van der Waals surface area (Å²) in [5.74, 6) is 6.90. The van der Waals surface area contributed by atoms with Gasteiger partial charge in [-0.3, -0.25) is 0 Å². The minimum absolute atomic E-state index is 0.526. The smallest absolute Gasteiger partial charge is 0.332 e. The van der Waals surface area contributed by atoms with Gasteiger partial charge < -0.3 is 5.73 Å². The van der Waals surface area contributed by atoms with E-state index in [9.17, 15) is 4.79 Å². The van der Waals surface area contributed by atoms with Crippen LogP contribution in [0.4, 0.5) is 4.79 Å². The number of carbonyl (C=O) groups excluding carboxylic acids is 1. The van der Waals surface area contributed by atoms with Gasteiger partial charge in [0, 0.05) is 21.5 Å². The quantitative estimate of drug-likeness (QED) is 0.419. The van der Waals surface area contributed by atoms with Crippen LogP contribution in [0, 0.1) is 47.3 Å². The van der Waals surface area contributed by atoms with Crippen molar-refractivity contribution in [3.8, 4) is 0 Å². The van der Waals surface area contributed by atoms with E-state index in [0.717, 1.165) is 39.4 Å². The monoisotopic (exact) mass is 343 g/mol. The van der Waals surface area contributed by atoms with Gasteiger partial charge in [0.2, 0.25) is 0 Å². The van der Waals surface area contributed by atoms with Gasteiger partial charge in [-0.25, -0.2) is 10.2 Å². The van der Waals surface area contributed by atoms with Crippen LogP contribution in [0.3, 0.4) is 0 Å². The Kier molecular flexibility index (Phi) is 1.49. The van der Waals surface area contributed by atoms with Gasteiger partial charge in [-0.1, -0.05) is 22.6 Å². The van der Waals surface area contributed by atoms with E-state index in [1.54, 1.807) is 0 Å². The summed E-state index contributed by atoms with van der Waals surface area (Å²) in [7, 11) is 0. The van der Waals surface area contributed by atoms with Crippen molar-refractivity contribution >= 4 is 34.3 Å². The minimum Gasteiger partial charge on any atom is -0.350 e. The van der Waals surface area contributed by atoms with Gasteiger partial charge in [0.15, 0.2) is 0 Å². The highest BCUT2D eigenvalue weighted by Crippen LogP contribution is 2.82. The second kappa shape index (κ2) is 2.65. The Morgan fingerprint density at radius 1 is 1.24 bits per heavy atom. The van der Waals surface area contributed by atoms with Gasteiger partial charge in [-0.2, -0.15) is 5.10 Å².